The maximum atomic E-state index is 12.8. The number of allylic oxidation sites excluding steroid dienone is 1. The van der Waals surface area contributed by atoms with Gasteiger partial charge in [-0.05, 0) is 72.5 Å². The predicted octanol–water partition coefficient (Wildman–Crippen LogP) is 3.71. The number of hydrogen-bond donors (Lipinski definition) is 1. The minimum absolute atomic E-state index is 0.175. The number of piperidine rings is 1. The summed E-state index contributed by atoms with van der Waals surface area (Å²) in [6.07, 6.45) is 3.43. The minimum atomic E-state index is -0.477. The molecule has 1 aliphatic rings. The van der Waals surface area contributed by atoms with Gasteiger partial charge in [0, 0.05) is 30.0 Å². The Morgan fingerprint density at radius 3 is 2.50 bits per heavy atom. The van der Waals surface area contributed by atoms with Crippen molar-refractivity contribution in [1.82, 2.24) is 14.8 Å². The lowest BCUT2D eigenvalue weighted by atomic mass is 9.96. The van der Waals surface area contributed by atoms with Crippen molar-refractivity contribution in [3.63, 3.8) is 0 Å². The van der Waals surface area contributed by atoms with Crippen molar-refractivity contribution in [2.75, 3.05) is 26.2 Å². The molecule has 2 heterocycles. The molecule has 1 saturated heterocycles. The van der Waals surface area contributed by atoms with E-state index in [0.717, 1.165) is 49.4 Å². The van der Waals surface area contributed by atoms with E-state index in [0.29, 0.717) is 19.0 Å². The molecule has 6 heteroatoms. The van der Waals surface area contributed by atoms with Gasteiger partial charge in [-0.15, -0.1) is 6.58 Å². The van der Waals surface area contributed by atoms with Crippen LogP contribution in [0.15, 0.2) is 18.7 Å². The zero-order valence-electron chi connectivity index (χ0n) is 18.0. The number of hydrogen-bond acceptors (Lipinski definition) is 4. The average molecular weight is 390 g/mol. The molecule has 156 valence electrons. The molecule has 28 heavy (non-hydrogen) atoms. The number of nitrogens with one attached hydrogen (secondary N) is 1. The number of ketones is 1. The van der Waals surface area contributed by atoms with Gasteiger partial charge in [0.2, 0.25) is 0 Å². The van der Waals surface area contributed by atoms with Crippen LogP contribution in [0.1, 0.15) is 55.4 Å². The summed E-state index contributed by atoms with van der Waals surface area (Å²) in [5.41, 5.74) is 2.44. The smallest absolute Gasteiger partial charge is 0.407 e. The van der Waals surface area contributed by atoms with Crippen LogP contribution in [0.25, 0.3) is 0 Å². The summed E-state index contributed by atoms with van der Waals surface area (Å²) in [6.45, 7) is 16.9. The molecule has 2 rings (SSSR count). The fourth-order valence-corrected chi connectivity index (χ4v) is 3.67. The Labute approximate surface area is 168 Å². The zero-order chi connectivity index (χ0) is 20.9. The Balaban J connectivity index is 1.79. The number of aryl methyl sites for hydroxylation is 1. The zero-order valence-corrected chi connectivity index (χ0v) is 18.0. The third kappa shape index (κ3) is 6.23. The highest BCUT2D eigenvalue weighted by atomic mass is 16.6. The van der Waals surface area contributed by atoms with Gasteiger partial charge >= 0.3 is 6.09 Å². The summed E-state index contributed by atoms with van der Waals surface area (Å²) in [6, 6.07) is 1.98. The lowest BCUT2D eigenvalue weighted by Gasteiger charge is -2.31. The predicted molar refractivity (Wildman–Crippen MR) is 112 cm³/mol. The van der Waals surface area contributed by atoms with Crippen LogP contribution in [0.5, 0.6) is 0 Å². The summed E-state index contributed by atoms with van der Waals surface area (Å²) in [5.74, 6) is 0.602. The van der Waals surface area contributed by atoms with Gasteiger partial charge in [0.1, 0.15) is 5.60 Å². The number of rotatable bonds is 7. The normalized spacial score (nSPS) is 16.0. The maximum absolute atomic E-state index is 12.8. The number of amides is 1. The number of carbonyl (C=O) groups excluding carboxylic acids is 2. The van der Waals surface area contributed by atoms with Crippen LogP contribution in [-0.2, 0) is 11.3 Å². The minimum Gasteiger partial charge on any atom is -0.444 e. The van der Waals surface area contributed by atoms with Crippen molar-refractivity contribution in [3.05, 3.63) is 35.7 Å². The molecule has 1 aromatic rings. The molecule has 0 spiro atoms. The van der Waals surface area contributed by atoms with Gasteiger partial charge in [0.05, 0.1) is 6.54 Å². The number of alkyl carbamates (subject to hydrolysis) is 1. The van der Waals surface area contributed by atoms with E-state index in [9.17, 15) is 9.59 Å². The van der Waals surface area contributed by atoms with Gasteiger partial charge < -0.3 is 14.6 Å². The molecule has 0 bridgehead atoms. The molecule has 1 aromatic heterocycles. The van der Waals surface area contributed by atoms with E-state index in [-0.39, 0.29) is 11.9 Å². The second-order valence-corrected chi connectivity index (χ2v) is 8.71. The first kappa shape index (κ1) is 22.2. The van der Waals surface area contributed by atoms with Crippen LogP contribution in [0.4, 0.5) is 4.79 Å². The Morgan fingerprint density at radius 2 is 1.93 bits per heavy atom. The van der Waals surface area contributed by atoms with Crippen molar-refractivity contribution < 1.29 is 14.3 Å². The SMILES string of the molecule is C=CCn1c(C)cc(C(=O)CN2CCC(CNC(=O)OC(C)(C)C)CC2)c1C. The lowest BCUT2D eigenvalue weighted by molar-refractivity contribution is 0.0510. The Kier molecular flexibility index (Phi) is 7.47. The highest BCUT2D eigenvalue weighted by Gasteiger charge is 2.24. The van der Waals surface area contributed by atoms with Gasteiger partial charge in [-0.25, -0.2) is 4.79 Å². The van der Waals surface area contributed by atoms with Crippen LogP contribution < -0.4 is 5.32 Å². The third-order valence-electron chi connectivity index (χ3n) is 5.19. The highest BCUT2D eigenvalue weighted by Crippen LogP contribution is 2.20. The summed E-state index contributed by atoms with van der Waals surface area (Å²) in [5, 5.41) is 2.86. The standard InChI is InChI=1S/C22H35N3O3/c1-7-10-25-16(2)13-19(17(25)3)20(26)15-24-11-8-18(9-12-24)14-23-21(27)28-22(4,5)6/h7,13,18H,1,8-12,14-15H2,2-6H3,(H,23,27). The number of Topliss-reactive ketones (excluding diaryl/α,β-unsaturated/α-hetero) is 1. The van der Waals surface area contributed by atoms with Gasteiger partial charge in [-0.3, -0.25) is 9.69 Å². The topological polar surface area (TPSA) is 63.6 Å². The average Bonchev–Trinajstić information content (AvgIpc) is 2.88. The van der Waals surface area contributed by atoms with E-state index >= 15 is 0 Å². The Hall–Kier alpha value is -2.08. The van der Waals surface area contributed by atoms with Gasteiger partial charge in [-0.2, -0.15) is 0 Å². The molecule has 0 saturated carbocycles. The fraction of sp³-hybridized carbons (Fsp3) is 0.636. The molecule has 1 amide bonds. The fourth-order valence-electron chi connectivity index (χ4n) is 3.67. The summed E-state index contributed by atoms with van der Waals surface area (Å²) in [7, 11) is 0. The number of carbonyl (C=O) groups is 2. The maximum Gasteiger partial charge on any atom is 0.407 e. The van der Waals surface area contributed by atoms with E-state index in [1.165, 1.54) is 0 Å². The van der Waals surface area contributed by atoms with Crippen molar-refractivity contribution >= 4 is 11.9 Å². The van der Waals surface area contributed by atoms with Crippen molar-refractivity contribution in [2.45, 2.75) is 59.6 Å². The van der Waals surface area contributed by atoms with Crippen LogP contribution >= 0.6 is 0 Å². The summed E-state index contributed by atoms with van der Waals surface area (Å²) in [4.78, 5) is 26.8. The Morgan fingerprint density at radius 1 is 1.29 bits per heavy atom. The van der Waals surface area contributed by atoms with Gasteiger partial charge in [0.15, 0.2) is 5.78 Å². The van der Waals surface area contributed by atoms with Crippen molar-refractivity contribution in [2.24, 2.45) is 5.92 Å². The highest BCUT2D eigenvalue weighted by molar-refractivity contribution is 5.99. The van der Waals surface area contributed by atoms with E-state index < -0.39 is 5.60 Å². The van der Waals surface area contributed by atoms with Gasteiger partial charge in [-0.1, -0.05) is 6.08 Å². The van der Waals surface area contributed by atoms with Crippen LogP contribution in [-0.4, -0.2) is 53.1 Å². The molecule has 0 radical (unpaired) electrons. The molecule has 1 fully saturated rings. The molecule has 1 N–H and O–H groups in total. The molecule has 0 unspecified atom stereocenters. The second-order valence-electron chi connectivity index (χ2n) is 8.71. The molecular weight excluding hydrogens is 354 g/mol. The number of nitrogens with zero attached hydrogens (tertiary/aromatic N) is 2. The molecule has 0 aromatic carbocycles. The molecule has 1 aliphatic heterocycles. The number of aromatic nitrogens is 1. The molecule has 6 nitrogen and oxygen atoms in total. The second kappa shape index (κ2) is 9.41. The van der Waals surface area contributed by atoms with Crippen molar-refractivity contribution in [1.29, 1.82) is 0 Å². The van der Waals surface area contributed by atoms with Crippen LogP contribution in [0.3, 0.4) is 0 Å². The van der Waals surface area contributed by atoms with E-state index in [1.807, 2.05) is 46.8 Å². The van der Waals surface area contributed by atoms with E-state index in [1.54, 1.807) is 0 Å². The van der Waals surface area contributed by atoms with Gasteiger partial charge in [0.25, 0.3) is 0 Å². The molecular formula is C22H35N3O3. The quantitative estimate of drug-likeness (QED) is 0.570. The van der Waals surface area contributed by atoms with E-state index in [4.69, 9.17) is 4.74 Å². The summed E-state index contributed by atoms with van der Waals surface area (Å²) < 4.78 is 7.40. The first-order valence-electron chi connectivity index (χ1n) is 10.1. The lowest BCUT2D eigenvalue weighted by Crippen LogP contribution is -2.41. The summed E-state index contributed by atoms with van der Waals surface area (Å²) >= 11 is 0. The number of likely N-dealkylation sites (tertiary alicyclic amines) is 1. The van der Waals surface area contributed by atoms with Crippen LogP contribution in [0.2, 0.25) is 0 Å². The van der Waals surface area contributed by atoms with Crippen LogP contribution in [0, 0.1) is 19.8 Å². The third-order valence-corrected chi connectivity index (χ3v) is 5.19. The first-order chi connectivity index (χ1) is 13.1. The Bertz CT molecular complexity index is 707. The largest absolute Gasteiger partial charge is 0.444 e. The number of ether oxygens (including phenoxy) is 1. The molecule has 0 aliphatic carbocycles. The van der Waals surface area contributed by atoms with E-state index in [2.05, 4.69) is 21.4 Å². The van der Waals surface area contributed by atoms with Crippen molar-refractivity contribution in [3.8, 4) is 0 Å². The molecule has 0 atom stereocenters. The monoisotopic (exact) mass is 389 g/mol. The first-order valence-corrected chi connectivity index (χ1v) is 10.1.